The fraction of sp³-hybridized carbons (Fsp3) is 0.333. The first-order valence-corrected chi connectivity index (χ1v) is 6.99. The van der Waals surface area contributed by atoms with E-state index in [9.17, 15) is 4.79 Å². The number of halogens is 1. The Balaban J connectivity index is 1.86. The SMILES string of the molecule is CC(C)(COCc1ccccc1)C(=O)Nc1[nH]ncc1Cl. The lowest BCUT2D eigenvalue weighted by molar-refractivity contribution is -0.127. The van der Waals surface area contributed by atoms with Crippen molar-refractivity contribution in [2.45, 2.75) is 20.5 Å². The van der Waals surface area contributed by atoms with Crippen molar-refractivity contribution in [3.05, 3.63) is 47.1 Å². The van der Waals surface area contributed by atoms with Crippen molar-refractivity contribution >= 4 is 23.3 Å². The molecular formula is C15H18ClN3O2. The Labute approximate surface area is 128 Å². The zero-order valence-electron chi connectivity index (χ0n) is 12.0. The molecule has 1 aromatic carbocycles. The van der Waals surface area contributed by atoms with Crippen LogP contribution < -0.4 is 5.32 Å². The number of H-pyrrole nitrogens is 1. The molecule has 0 atom stereocenters. The molecule has 1 amide bonds. The van der Waals surface area contributed by atoms with E-state index in [1.54, 1.807) is 0 Å². The molecule has 2 N–H and O–H groups in total. The molecule has 112 valence electrons. The number of anilines is 1. The quantitative estimate of drug-likeness (QED) is 0.861. The molecule has 0 radical (unpaired) electrons. The predicted molar refractivity (Wildman–Crippen MR) is 82.1 cm³/mol. The van der Waals surface area contributed by atoms with E-state index in [1.807, 2.05) is 44.2 Å². The molecule has 21 heavy (non-hydrogen) atoms. The Morgan fingerprint density at radius 2 is 2.10 bits per heavy atom. The predicted octanol–water partition coefficient (Wildman–Crippen LogP) is 3.24. The summed E-state index contributed by atoms with van der Waals surface area (Å²) in [5.74, 6) is 0.222. The number of carbonyl (C=O) groups is 1. The van der Waals surface area contributed by atoms with Gasteiger partial charge < -0.3 is 10.1 Å². The molecule has 1 heterocycles. The molecule has 2 aromatic rings. The van der Waals surface area contributed by atoms with Crippen LogP contribution in [-0.4, -0.2) is 22.7 Å². The monoisotopic (exact) mass is 307 g/mol. The minimum Gasteiger partial charge on any atom is -0.376 e. The van der Waals surface area contributed by atoms with Gasteiger partial charge in [-0.05, 0) is 19.4 Å². The number of nitrogens with one attached hydrogen (secondary N) is 2. The van der Waals surface area contributed by atoms with Crippen LogP contribution in [-0.2, 0) is 16.1 Å². The average molecular weight is 308 g/mol. The van der Waals surface area contributed by atoms with E-state index in [1.165, 1.54) is 6.20 Å². The third-order valence-electron chi connectivity index (χ3n) is 3.02. The number of benzene rings is 1. The second-order valence-electron chi connectivity index (χ2n) is 5.41. The standard InChI is InChI=1S/C15H18ClN3O2/c1-15(2,10-21-9-11-6-4-3-5-7-11)14(20)18-13-12(16)8-17-19-13/h3-8H,9-10H2,1-2H3,(H2,17,18,19,20). The number of rotatable bonds is 6. The Morgan fingerprint density at radius 1 is 1.38 bits per heavy atom. The maximum Gasteiger partial charge on any atom is 0.233 e. The average Bonchev–Trinajstić information content (AvgIpc) is 2.85. The number of ether oxygens (including phenoxy) is 1. The van der Waals surface area contributed by atoms with Gasteiger partial charge in [-0.3, -0.25) is 9.89 Å². The highest BCUT2D eigenvalue weighted by molar-refractivity contribution is 6.33. The van der Waals surface area contributed by atoms with E-state index >= 15 is 0 Å². The van der Waals surface area contributed by atoms with Crippen LogP contribution in [0, 0.1) is 5.41 Å². The zero-order chi connectivity index (χ0) is 15.3. The molecule has 0 aliphatic carbocycles. The summed E-state index contributed by atoms with van der Waals surface area (Å²) in [5, 5.41) is 9.48. The summed E-state index contributed by atoms with van der Waals surface area (Å²) in [4.78, 5) is 12.2. The first-order chi connectivity index (χ1) is 9.99. The van der Waals surface area contributed by atoms with Crippen LogP contribution in [0.3, 0.4) is 0 Å². The summed E-state index contributed by atoms with van der Waals surface area (Å²) in [6, 6.07) is 9.83. The van der Waals surface area contributed by atoms with Crippen LogP contribution in [0.25, 0.3) is 0 Å². The molecule has 0 saturated heterocycles. The molecule has 0 unspecified atom stereocenters. The van der Waals surface area contributed by atoms with Gasteiger partial charge in [-0.15, -0.1) is 0 Å². The highest BCUT2D eigenvalue weighted by Crippen LogP contribution is 2.22. The van der Waals surface area contributed by atoms with Gasteiger partial charge >= 0.3 is 0 Å². The summed E-state index contributed by atoms with van der Waals surface area (Å²) in [5.41, 5.74) is 0.397. The van der Waals surface area contributed by atoms with Gasteiger partial charge in [-0.25, -0.2) is 0 Å². The van der Waals surface area contributed by atoms with E-state index < -0.39 is 5.41 Å². The van der Waals surface area contributed by atoms with Crippen molar-refractivity contribution in [1.82, 2.24) is 10.2 Å². The number of carbonyl (C=O) groups excluding carboxylic acids is 1. The zero-order valence-corrected chi connectivity index (χ0v) is 12.8. The lowest BCUT2D eigenvalue weighted by atomic mass is 9.93. The maximum atomic E-state index is 12.2. The largest absolute Gasteiger partial charge is 0.376 e. The van der Waals surface area contributed by atoms with Gasteiger partial charge in [-0.2, -0.15) is 5.10 Å². The molecule has 0 aliphatic rings. The van der Waals surface area contributed by atoms with Crippen molar-refractivity contribution < 1.29 is 9.53 Å². The second-order valence-corrected chi connectivity index (χ2v) is 5.82. The van der Waals surface area contributed by atoms with Crippen molar-refractivity contribution in [3.8, 4) is 0 Å². The van der Waals surface area contributed by atoms with E-state index in [2.05, 4.69) is 15.5 Å². The van der Waals surface area contributed by atoms with E-state index in [0.29, 0.717) is 24.1 Å². The van der Waals surface area contributed by atoms with Crippen LogP contribution in [0.15, 0.2) is 36.5 Å². The summed E-state index contributed by atoms with van der Waals surface area (Å²) in [7, 11) is 0. The number of amides is 1. The van der Waals surface area contributed by atoms with Gasteiger partial charge in [0.2, 0.25) is 5.91 Å². The fourth-order valence-corrected chi connectivity index (χ4v) is 1.84. The van der Waals surface area contributed by atoms with Gasteiger partial charge in [0.25, 0.3) is 0 Å². The maximum absolute atomic E-state index is 12.2. The third-order valence-corrected chi connectivity index (χ3v) is 3.31. The van der Waals surface area contributed by atoms with Gasteiger partial charge in [0.1, 0.15) is 10.8 Å². The number of hydrogen-bond donors (Lipinski definition) is 2. The number of hydrogen-bond acceptors (Lipinski definition) is 3. The number of aromatic nitrogens is 2. The van der Waals surface area contributed by atoms with E-state index in [4.69, 9.17) is 16.3 Å². The van der Waals surface area contributed by atoms with Gasteiger partial charge in [0.05, 0.1) is 24.8 Å². The molecule has 0 bridgehead atoms. The van der Waals surface area contributed by atoms with Crippen molar-refractivity contribution in [1.29, 1.82) is 0 Å². The first-order valence-electron chi connectivity index (χ1n) is 6.61. The summed E-state index contributed by atoms with van der Waals surface area (Å²) >= 11 is 5.88. The second kappa shape index (κ2) is 6.74. The van der Waals surface area contributed by atoms with Crippen molar-refractivity contribution in [2.75, 3.05) is 11.9 Å². The Hall–Kier alpha value is -1.85. The minimum atomic E-state index is -0.677. The highest BCUT2D eigenvalue weighted by Gasteiger charge is 2.28. The van der Waals surface area contributed by atoms with Gasteiger partial charge in [0, 0.05) is 0 Å². The van der Waals surface area contributed by atoms with Crippen LogP contribution in [0.2, 0.25) is 5.02 Å². The molecule has 6 heteroatoms. The first kappa shape index (κ1) is 15.5. The lowest BCUT2D eigenvalue weighted by Crippen LogP contribution is -2.35. The van der Waals surface area contributed by atoms with Crippen molar-refractivity contribution in [2.24, 2.45) is 5.41 Å². The van der Waals surface area contributed by atoms with Crippen LogP contribution >= 0.6 is 11.6 Å². The minimum absolute atomic E-state index is 0.179. The molecule has 2 rings (SSSR count). The number of nitrogens with zero attached hydrogens (tertiary/aromatic N) is 1. The Bertz CT molecular complexity index is 596. The molecule has 5 nitrogen and oxygen atoms in total. The van der Waals surface area contributed by atoms with Gasteiger partial charge in [-0.1, -0.05) is 41.9 Å². The molecule has 1 aromatic heterocycles. The number of aromatic amines is 1. The fourth-order valence-electron chi connectivity index (χ4n) is 1.71. The van der Waals surface area contributed by atoms with Crippen LogP contribution in [0.1, 0.15) is 19.4 Å². The summed E-state index contributed by atoms with van der Waals surface area (Å²) in [6.07, 6.45) is 1.44. The molecule has 0 aliphatic heterocycles. The summed E-state index contributed by atoms with van der Waals surface area (Å²) < 4.78 is 5.64. The third kappa shape index (κ3) is 4.31. The smallest absolute Gasteiger partial charge is 0.233 e. The molecule has 0 saturated carbocycles. The topological polar surface area (TPSA) is 67.0 Å². The van der Waals surface area contributed by atoms with Crippen molar-refractivity contribution in [3.63, 3.8) is 0 Å². The molecular weight excluding hydrogens is 290 g/mol. The van der Waals surface area contributed by atoms with Crippen LogP contribution in [0.5, 0.6) is 0 Å². The normalized spacial score (nSPS) is 11.4. The van der Waals surface area contributed by atoms with Gasteiger partial charge in [0.15, 0.2) is 0 Å². The highest BCUT2D eigenvalue weighted by atomic mass is 35.5. The lowest BCUT2D eigenvalue weighted by Gasteiger charge is -2.23. The van der Waals surface area contributed by atoms with Crippen LogP contribution in [0.4, 0.5) is 5.82 Å². The van der Waals surface area contributed by atoms with E-state index in [0.717, 1.165) is 5.56 Å². The molecule has 0 fully saturated rings. The Kier molecular flexibility index (Phi) is 4.98. The van der Waals surface area contributed by atoms with E-state index in [-0.39, 0.29) is 5.91 Å². The summed E-state index contributed by atoms with van der Waals surface area (Å²) in [6.45, 7) is 4.41. The Morgan fingerprint density at radius 3 is 2.71 bits per heavy atom. The molecule has 0 spiro atoms.